The highest BCUT2D eigenvalue weighted by molar-refractivity contribution is 6.09. The molecular weight excluding hydrogens is 360 g/mol. The van der Waals surface area contributed by atoms with Crippen molar-refractivity contribution in [2.45, 2.75) is 25.3 Å². The second-order valence-electron chi connectivity index (χ2n) is 6.35. The molecule has 0 bridgehead atoms. The number of hydrazone groups is 1. The van der Waals surface area contributed by atoms with Gasteiger partial charge in [-0.2, -0.15) is 13.9 Å². The first-order valence-corrected chi connectivity index (χ1v) is 8.95. The first kappa shape index (κ1) is 19.5. The van der Waals surface area contributed by atoms with Crippen LogP contribution in [-0.4, -0.2) is 46.3 Å². The topological polar surface area (TPSA) is 64.7 Å². The molecule has 7 heteroatoms. The minimum absolute atomic E-state index is 0.112. The van der Waals surface area contributed by atoms with Gasteiger partial charge in [-0.1, -0.05) is 30.4 Å². The Morgan fingerprint density at radius 2 is 2.00 bits per heavy atom. The standard InChI is InChI=1S/C21H21F2N5/c1-16-8-9-18(6-3-2-4-12-26-16)21(22,23)20(24)28-15-5-7-19(27-28)17-10-13-25-14-11-17/h2,4-14,16,24H,3,15H2,1H3/b4-2-,9-8-,18-6+,24-20?,26-12?. The van der Waals surface area contributed by atoms with Crippen LogP contribution in [0.3, 0.4) is 0 Å². The summed E-state index contributed by atoms with van der Waals surface area (Å²) in [6.07, 6.45) is 16.5. The van der Waals surface area contributed by atoms with Gasteiger partial charge in [-0.3, -0.25) is 15.4 Å². The minimum Gasteiger partial charge on any atom is -0.286 e. The van der Waals surface area contributed by atoms with Crippen molar-refractivity contribution in [1.82, 2.24) is 9.99 Å². The van der Waals surface area contributed by atoms with Gasteiger partial charge < -0.3 is 0 Å². The first-order chi connectivity index (χ1) is 13.5. The molecule has 1 aromatic heterocycles. The molecule has 5 nitrogen and oxygen atoms in total. The lowest BCUT2D eigenvalue weighted by Gasteiger charge is -2.28. The number of amidine groups is 1. The van der Waals surface area contributed by atoms with E-state index in [9.17, 15) is 0 Å². The van der Waals surface area contributed by atoms with Gasteiger partial charge in [-0.15, -0.1) is 0 Å². The number of rotatable bonds is 3. The Kier molecular flexibility index (Phi) is 6.03. The number of nitrogens with one attached hydrogen (secondary N) is 1. The molecule has 0 fully saturated rings. The van der Waals surface area contributed by atoms with Crippen LogP contribution in [-0.2, 0) is 0 Å². The van der Waals surface area contributed by atoms with E-state index in [0.29, 0.717) is 12.1 Å². The molecule has 28 heavy (non-hydrogen) atoms. The zero-order chi connectivity index (χ0) is 20.0. The molecule has 3 heterocycles. The Morgan fingerprint density at radius 1 is 1.21 bits per heavy atom. The van der Waals surface area contributed by atoms with E-state index in [1.807, 2.05) is 6.92 Å². The van der Waals surface area contributed by atoms with Crippen molar-refractivity contribution in [2.75, 3.05) is 6.54 Å². The van der Waals surface area contributed by atoms with Crippen molar-refractivity contribution < 1.29 is 8.78 Å². The second-order valence-corrected chi connectivity index (χ2v) is 6.35. The van der Waals surface area contributed by atoms with Crippen LogP contribution in [0.5, 0.6) is 0 Å². The minimum atomic E-state index is -3.48. The molecule has 1 N–H and O–H groups in total. The molecule has 0 spiro atoms. The van der Waals surface area contributed by atoms with Crippen LogP contribution in [0.15, 0.2) is 82.7 Å². The maximum absolute atomic E-state index is 15.1. The summed E-state index contributed by atoms with van der Waals surface area (Å²) >= 11 is 0. The molecule has 0 amide bonds. The van der Waals surface area contributed by atoms with Gasteiger partial charge in [-0.05, 0) is 37.6 Å². The van der Waals surface area contributed by atoms with E-state index in [1.54, 1.807) is 61.1 Å². The van der Waals surface area contributed by atoms with Gasteiger partial charge in [0.25, 0.3) is 0 Å². The van der Waals surface area contributed by atoms with Gasteiger partial charge in [0, 0.05) is 29.7 Å². The smallest absolute Gasteiger partial charge is 0.286 e. The number of aromatic nitrogens is 1. The van der Waals surface area contributed by atoms with E-state index in [-0.39, 0.29) is 18.2 Å². The summed E-state index contributed by atoms with van der Waals surface area (Å²) in [4.78, 5) is 8.16. The lowest BCUT2D eigenvalue weighted by molar-refractivity contribution is 0.106. The molecule has 0 aromatic carbocycles. The van der Waals surface area contributed by atoms with Gasteiger partial charge in [0.15, 0.2) is 5.84 Å². The zero-order valence-corrected chi connectivity index (χ0v) is 15.5. The van der Waals surface area contributed by atoms with E-state index in [1.165, 1.54) is 12.2 Å². The van der Waals surface area contributed by atoms with Crippen molar-refractivity contribution >= 4 is 17.8 Å². The molecule has 1 aromatic rings. The second kappa shape index (κ2) is 8.65. The number of pyridine rings is 1. The fourth-order valence-electron chi connectivity index (χ4n) is 2.70. The largest absolute Gasteiger partial charge is 0.330 e. The number of halogens is 2. The molecule has 144 valence electrons. The van der Waals surface area contributed by atoms with Crippen molar-refractivity contribution in [1.29, 1.82) is 5.41 Å². The molecule has 3 rings (SSSR count). The Labute approximate surface area is 162 Å². The first-order valence-electron chi connectivity index (χ1n) is 8.95. The number of aliphatic imine (C=N–C) groups is 1. The van der Waals surface area contributed by atoms with Crippen LogP contribution in [0.1, 0.15) is 18.9 Å². The van der Waals surface area contributed by atoms with E-state index >= 15 is 8.78 Å². The number of alkyl halides is 2. The monoisotopic (exact) mass is 381 g/mol. The van der Waals surface area contributed by atoms with Crippen LogP contribution in [0.4, 0.5) is 8.78 Å². The summed E-state index contributed by atoms with van der Waals surface area (Å²) in [7, 11) is 0. The Morgan fingerprint density at radius 3 is 2.79 bits per heavy atom. The third-order valence-corrected chi connectivity index (χ3v) is 4.25. The Bertz CT molecular complexity index is 895. The fourth-order valence-corrected chi connectivity index (χ4v) is 2.70. The Balaban J connectivity index is 1.86. The third kappa shape index (κ3) is 4.54. The maximum atomic E-state index is 15.1. The van der Waals surface area contributed by atoms with Crippen LogP contribution in [0, 0.1) is 5.41 Å². The van der Waals surface area contributed by atoms with E-state index in [2.05, 4.69) is 15.1 Å². The molecule has 0 saturated carbocycles. The number of nitrogens with zero attached hydrogens (tertiary/aromatic N) is 4. The zero-order valence-electron chi connectivity index (χ0n) is 15.5. The fraction of sp³-hybridized carbons (Fsp3) is 0.238. The van der Waals surface area contributed by atoms with Crippen molar-refractivity contribution in [3.8, 4) is 0 Å². The predicted octanol–water partition coefficient (Wildman–Crippen LogP) is 4.17. The van der Waals surface area contributed by atoms with Crippen LogP contribution >= 0.6 is 0 Å². The van der Waals surface area contributed by atoms with Gasteiger partial charge in [0.2, 0.25) is 0 Å². The van der Waals surface area contributed by atoms with E-state index < -0.39 is 11.8 Å². The van der Waals surface area contributed by atoms with Crippen molar-refractivity contribution in [3.63, 3.8) is 0 Å². The lowest BCUT2D eigenvalue weighted by Crippen LogP contribution is -2.42. The van der Waals surface area contributed by atoms with Gasteiger partial charge in [0.05, 0.1) is 18.3 Å². The number of allylic oxidation sites excluding steroid dienone is 5. The van der Waals surface area contributed by atoms with E-state index in [0.717, 1.165) is 10.6 Å². The number of hydrogen-bond donors (Lipinski definition) is 1. The van der Waals surface area contributed by atoms with Crippen LogP contribution < -0.4 is 0 Å². The summed E-state index contributed by atoms with van der Waals surface area (Å²) in [5.41, 5.74) is 1.03. The molecule has 1 atom stereocenters. The molecule has 2 aliphatic rings. The summed E-state index contributed by atoms with van der Waals surface area (Å²) in [6.45, 7) is 1.92. The average molecular weight is 381 g/mol. The molecule has 0 radical (unpaired) electrons. The average Bonchev–Trinajstić information content (AvgIpc) is 2.72. The van der Waals surface area contributed by atoms with E-state index in [4.69, 9.17) is 5.41 Å². The molecule has 0 saturated heterocycles. The normalized spacial score (nSPS) is 24.1. The summed E-state index contributed by atoms with van der Waals surface area (Å²) in [5, 5.41) is 13.4. The molecule has 0 aliphatic carbocycles. The van der Waals surface area contributed by atoms with Gasteiger partial charge in [0.1, 0.15) is 0 Å². The quantitative estimate of drug-likeness (QED) is 0.631. The highest BCUT2D eigenvalue weighted by Gasteiger charge is 2.41. The lowest BCUT2D eigenvalue weighted by atomic mass is 10.0. The van der Waals surface area contributed by atoms with Crippen LogP contribution in [0.25, 0.3) is 0 Å². The molecule has 2 aliphatic heterocycles. The third-order valence-electron chi connectivity index (χ3n) is 4.25. The summed E-state index contributed by atoms with van der Waals surface area (Å²) < 4.78 is 30.3. The Hall–Kier alpha value is -3.22. The molecular formula is C21H21F2N5. The van der Waals surface area contributed by atoms with Crippen molar-refractivity contribution in [3.05, 3.63) is 78.2 Å². The highest BCUT2D eigenvalue weighted by Crippen LogP contribution is 2.30. The van der Waals surface area contributed by atoms with Gasteiger partial charge >= 0.3 is 5.92 Å². The summed E-state index contributed by atoms with van der Waals surface area (Å²) in [5.74, 6) is -4.35. The molecule has 1 unspecified atom stereocenters. The van der Waals surface area contributed by atoms with Crippen molar-refractivity contribution in [2.24, 2.45) is 10.1 Å². The maximum Gasteiger partial charge on any atom is 0.330 e. The predicted molar refractivity (Wildman–Crippen MR) is 108 cm³/mol. The highest BCUT2D eigenvalue weighted by atomic mass is 19.3. The SMILES string of the molecule is CC1/C=C\C(C(F)(F)C(=N)N2CC=CC(c3ccncc3)=N2)=C/C/C=C\C=N1. The number of hydrogen-bond acceptors (Lipinski definition) is 4. The van der Waals surface area contributed by atoms with Crippen LogP contribution in [0.2, 0.25) is 0 Å². The van der Waals surface area contributed by atoms with Gasteiger partial charge in [-0.25, -0.2) is 5.01 Å². The summed E-state index contributed by atoms with van der Waals surface area (Å²) in [6, 6.07) is 3.26.